The van der Waals surface area contributed by atoms with Gasteiger partial charge in [0.25, 0.3) is 0 Å². The second kappa shape index (κ2) is 9.02. The zero-order chi connectivity index (χ0) is 24.6. The molecule has 1 fully saturated rings. The lowest BCUT2D eigenvalue weighted by Gasteiger charge is -2.28. The number of benzene rings is 2. The maximum absolute atomic E-state index is 13.8. The molecule has 0 spiro atoms. The number of halogens is 2. The minimum absolute atomic E-state index is 0.0141. The van der Waals surface area contributed by atoms with Crippen molar-refractivity contribution < 1.29 is 23.6 Å². The smallest absolute Gasteiger partial charge is 0.420 e. The van der Waals surface area contributed by atoms with E-state index in [0.29, 0.717) is 5.52 Å². The molecule has 4 rings (SSSR count). The molecule has 1 aliphatic carbocycles. The number of aromatic nitrogens is 2. The lowest BCUT2D eigenvalue weighted by molar-refractivity contribution is -0.386. The number of carbonyl (C=O) groups excluding carboxylic acids is 1. The molecule has 0 aliphatic heterocycles. The van der Waals surface area contributed by atoms with Gasteiger partial charge in [-0.2, -0.15) is 0 Å². The maximum Gasteiger partial charge on any atom is 0.420 e. The lowest BCUT2D eigenvalue weighted by Crippen LogP contribution is -2.34. The van der Waals surface area contributed by atoms with Crippen LogP contribution in [-0.2, 0) is 4.74 Å². The second-order valence-electron chi connectivity index (χ2n) is 8.88. The van der Waals surface area contributed by atoms with Crippen molar-refractivity contribution in [2.45, 2.75) is 51.7 Å². The first kappa shape index (κ1) is 23.6. The van der Waals surface area contributed by atoms with E-state index in [-0.39, 0.29) is 39.5 Å². The Kier molecular flexibility index (Phi) is 6.26. The third-order valence-electron chi connectivity index (χ3n) is 5.19. The molecule has 11 heteroatoms. The van der Waals surface area contributed by atoms with Crippen molar-refractivity contribution in [2.24, 2.45) is 0 Å². The van der Waals surface area contributed by atoms with E-state index in [4.69, 9.17) is 21.1 Å². The minimum Gasteiger partial charge on any atom is -0.483 e. The Morgan fingerprint density at radius 3 is 2.56 bits per heavy atom. The Morgan fingerprint density at radius 1 is 1.24 bits per heavy atom. The van der Waals surface area contributed by atoms with Crippen LogP contribution in [0.2, 0.25) is 5.02 Å². The van der Waals surface area contributed by atoms with Gasteiger partial charge in [-0.3, -0.25) is 10.1 Å². The van der Waals surface area contributed by atoms with Crippen molar-refractivity contribution in [1.82, 2.24) is 9.97 Å². The van der Waals surface area contributed by atoms with Crippen LogP contribution < -0.4 is 9.64 Å². The van der Waals surface area contributed by atoms with E-state index >= 15 is 0 Å². The van der Waals surface area contributed by atoms with Crippen LogP contribution in [0.25, 0.3) is 10.9 Å². The van der Waals surface area contributed by atoms with E-state index in [1.807, 2.05) is 0 Å². The topological polar surface area (TPSA) is 108 Å². The van der Waals surface area contributed by atoms with Gasteiger partial charge in [0.15, 0.2) is 11.6 Å². The Morgan fingerprint density at radius 2 is 1.97 bits per heavy atom. The van der Waals surface area contributed by atoms with Gasteiger partial charge in [-0.25, -0.2) is 24.1 Å². The summed E-state index contributed by atoms with van der Waals surface area (Å²) in [6.07, 6.45) is 2.96. The van der Waals surface area contributed by atoms with Crippen LogP contribution >= 0.6 is 11.6 Å². The van der Waals surface area contributed by atoms with Crippen molar-refractivity contribution in [1.29, 1.82) is 0 Å². The Labute approximate surface area is 199 Å². The van der Waals surface area contributed by atoms with Gasteiger partial charge >= 0.3 is 11.8 Å². The van der Waals surface area contributed by atoms with Gasteiger partial charge in [0, 0.05) is 12.1 Å². The molecule has 1 aliphatic rings. The van der Waals surface area contributed by atoms with Gasteiger partial charge in [0.05, 0.1) is 32.6 Å². The van der Waals surface area contributed by atoms with Crippen molar-refractivity contribution in [3.63, 3.8) is 0 Å². The number of nitro groups is 1. The highest BCUT2D eigenvalue weighted by atomic mass is 35.5. The number of fused-ring (bicyclic) bond motifs is 1. The van der Waals surface area contributed by atoms with Gasteiger partial charge in [-0.15, -0.1) is 0 Å². The molecule has 2 aromatic carbocycles. The molecule has 0 atom stereocenters. The highest BCUT2D eigenvalue weighted by molar-refractivity contribution is 6.31. The predicted octanol–water partition coefficient (Wildman–Crippen LogP) is 6.34. The summed E-state index contributed by atoms with van der Waals surface area (Å²) in [4.78, 5) is 34.0. The summed E-state index contributed by atoms with van der Waals surface area (Å²) in [5.74, 6) is -0.559. The monoisotopic (exact) mass is 488 g/mol. The van der Waals surface area contributed by atoms with Gasteiger partial charge in [0.2, 0.25) is 0 Å². The molecule has 1 heterocycles. The quantitative estimate of drug-likeness (QED) is 0.304. The molecule has 9 nitrogen and oxygen atoms in total. The largest absolute Gasteiger partial charge is 0.483 e. The summed E-state index contributed by atoms with van der Waals surface area (Å²) >= 11 is 5.96. The predicted molar refractivity (Wildman–Crippen MR) is 124 cm³/mol. The van der Waals surface area contributed by atoms with E-state index < -0.39 is 22.4 Å². The number of hydrogen-bond acceptors (Lipinski definition) is 7. The first-order valence-electron chi connectivity index (χ1n) is 10.6. The van der Waals surface area contributed by atoms with E-state index in [0.717, 1.165) is 30.2 Å². The highest BCUT2D eigenvalue weighted by Crippen LogP contribution is 2.39. The Balaban J connectivity index is 1.89. The lowest BCUT2D eigenvalue weighted by atomic mass is 9.96. The zero-order valence-corrected chi connectivity index (χ0v) is 19.5. The van der Waals surface area contributed by atoms with Crippen molar-refractivity contribution >= 4 is 45.8 Å². The maximum atomic E-state index is 13.8. The molecule has 0 saturated heterocycles. The molecule has 34 heavy (non-hydrogen) atoms. The Hall–Kier alpha value is -3.53. The second-order valence-corrected chi connectivity index (χ2v) is 9.28. The fraction of sp³-hybridized carbons (Fsp3) is 0.348. The number of rotatable bonds is 5. The van der Waals surface area contributed by atoms with Crippen LogP contribution in [-0.4, -0.2) is 32.7 Å². The molecule has 1 saturated carbocycles. The van der Waals surface area contributed by atoms with Crippen LogP contribution in [0.4, 0.5) is 26.4 Å². The van der Waals surface area contributed by atoms with Gasteiger partial charge in [-0.1, -0.05) is 11.6 Å². The first-order valence-corrected chi connectivity index (χ1v) is 11.0. The van der Waals surface area contributed by atoms with Gasteiger partial charge < -0.3 is 9.47 Å². The highest BCUT2D eigenvalue weighted by Gasteiger charge is 2.30. The molecule has 1 aromatic heterocycles. The average Bonchev–Trinajstić information content (AvgIpc) is 2.71. The molecular formula is C23H22ClFN4O5. The summed E-state index contributed by atoms with van der Waals surface area (Å²) in [6, 6.07) is 6.41. The molecule has 1 amide bonds. The number of anilines is 2. The van der Waals surface area contributed by atoms with Crippen LogP contribution in [0, 0.1) is 15.9 Å². The van der Waals surface area contributed by atoms with Crippen molar-refractivity contribution in [2.75, 3.05) is 4.90 Å². The fourth-order valence-electron chi connectivity index (χ4n) is 3.39. The molecular weight excluding hydrogens is 467 g/mol. The standard InChI is InChI=1S/C23H22ClFN4O5/c1-23(2,3)34-22(30)28(13-7-8-17(25)16(24)9-13)21-15-10-19(29(31)32)20(33-14-5-4-6-14)11-18(15)26-12-27-21/h7-12,14H,4-6H2,1-3H3. The summed E-state index contributed by atoms with van der Waals surface area (Å²) in [6.45, 7) is 5.06. The minimum atomic E-state index is -0.863. The van der Waals surface area contributed by atoms with E-state index in [1.165, 1.54) is 30.6 Å². The van der Waals surface area contributed by atoms with Crippen molar-refractivity contribution in [3.05, 3.63) is 57.6 Å². The SMILES string of the molecule is CC(C)(C)OC(=O)N(c1ccc(F)c(Cl)c1)c1ncnc2cc(OC3CCC3)c([N+](=O)[O-])cc12. The summed E-state index contributed by atoms with van der Waals surface area (Å²) < 4.78 is 25.2. The molecule has 178 valence electrons. The van der Waals surface area contributed by atoms with Crippen LogP contribution in [0.15, 0.2) is 36.7 Å². The zero-order valence-electron chi connectivity index (χ0n) is 18.7. The van der Waals surface area contributed by atoms with Gasteiger partial charge in [0.1, 0.15) is 17.7 Å². The Bertz CT molecular complexity index is 1280. The number of hydrogen-bond donors (Lipinski definition) is 0. The summed E-state index contributed by atoms with van der Waals surface area (Å²) in [5, 5.41) is 11.8. The van der Waals surface area contributed by atoms with Crippen LogP contribution in [0.3, 0.4) is 0 Å². The van der Waals surface area contributed by atoms with Gasteiger partial charge in [-0.05, 0) is 58.2 Å². The number of nitro benzene ring substituents is 1. The number of ether oxygens (including phenoxy) is 2. The third kappa shape index (κ3) is 4.86. The van der Waals surface area contributed by atoms with E-state index in [9.17, 15) is 19.3 Å². The van der Waals surface area contributed by atoms with E-state index in [1.54, 1.807) is 20.8 Å². The normalized spacial score (nSPS) is 13.9. The van der Waals surface area contributed by atoms with Crippen LogP contribution in [0.1, 0.15) is 40.0 Å². The van der Waals surface area contributed by atoms with Crippen LogP contribution in [0.5, 0.6) is 5.75 Å². The molecule has 3 aromatic rings. The molecule has 0 N–H and O–H groups in total. The van der Waals surface area contributed by atoms with Crippen molar-refractivity contribution in [3.8, 4) is 5.75 Å². The third-order valence-corrected chi connectivity index (χ3v) is 5.48. The molecule has 0 unspecified atom stereocenters. The summed E-state index contributed by atoms with van der Waals surface area (Å²) in [7, 11) is 0. The number of amides is 1. The van der Waals surface area contributed by atoms with E-state index in [2.05, 4.69) is 9.97 Å². The first-order chi connectivity index (χ1) is 16.0. The molecule has 0 bridgehead atoms. The fourth-order valence-corrected chi connectivity index (χ4v) is 3.56. The number of nitrogens with zero attached hydrogens (tertiary/aromatic N) is 4. The molecule has 0 radical (unpaired) electrons. The number of carbonyl (C=O) groups is 1. The summed E-state index contributed by atoms with van der Waals surface area (Å²) in [5.41, 5.74) is -0.654. The average molecular weight is 489 g/mol.